The number of hydrogen-bond donors (Lipinski definition) is 3. The highest BCUT2D eigenvalue weighted by molar-refractivity contribution is 5.73. The summed E-state index contributed by atoms with van der Waals surface area (Å²) in [6, 6.07) is 0.294. The number of rotatable bonds is 4. The number of carboxylic acid groups (broad SMARTS) is 1. The van der Waals surface area contributed by atoms with Crippen LogP contribution in [0, 0.1) is 0 Å². The molecule has 2 aliphatic rings. The highest BCUT2D eigenvalue weighted by atomic mass is 19.4. The molecule has 2 aliphatic heterocycles. The van der Waals surface area contributed by atoms with Crippen LogP contribution < -0.4 is 0 Å². The van der Waals surface area contributed by atoms with Crippen molar-refractivity contribution in [3.05, 3.63) is 0 Å². The maximum absolute atomic E-state index is 11.9. The van der Waals surface area contributed by atoms with Crippen molar-refractivity contribution in [2.45, 2.75) is 122 Å². The molecule has 2 saturated heterocycles. The second-order valence-electron chi connectivity index (χ2n) is 11.5. The van der Waals surface area contributed by atoms with E-state index in [-0.39, 0.29) is 37.5 Å². The predicted molar refractivity (Wildman–Crippen MR) is 138 cm³/mol. The summed E-state index contributed by atoms with van der Waals surface area (Å²) in [5.74, 6) is -2.76. The van der Waals surface area contributed by atoms with Gasteiger partial charge in [-0.3, -0.25) is 0 Å². The van der Waals surface area contributed by atoms with Crippen LogP contribution in [0.25, 0.3) is 0 Å². The Kier molecular flexibility index (Phi) is 15.8. The Morgan fingerprint density at radius 2 is 1.03 bits per heavy atom. The Balaban J connectivity index is 0.000000600. The van der Waals surface area contributed by atoms with Crippen LogP contribution in [0.1, 0.15) is 92.9 Å². The van der Waals surface area contributed by atoms with E-state index in [0.717, 1.165) is 51.6 Å². The number of carboxylic acids is 1. The zero-order chi connectivity index (χ0) is 30.4. The van der Waals surface area contributed by atoms with Gasteiger partial charge in [0.25, 0.3) is 0 Å². The Morgan fingerprint density at radius 1 is 0.718 bits per heavy atom. The number of carbonyl (C=O) groups excluding carboxylic acids is 2. The number of nitrogens with zero attached hydrogens (tertiary/aromatic N) is 2. The lowest BCUT2D eigenvalue weighted by Gasteiger charge is -2.36. The summed E-state index contributed by atoms with van der Waals surface area (Å²) in [5.41, 5.74) is -0.892. The number of halogens is 3. The number of aliphatic hydroxyl groups excluding tert-OH is 2. The zero-order valence-electron chi connectivity index (χ0n) is 24.1. The van der Waals surface area contributed by atoms with Gasteiger partial charge >= 0.3 is 24.3 Å². The van der Waals surface area contributed by atoms with Gasteiger partial charge in [-0.15, -0.1) is 0 Å². The van der Waals surface area contributed by atoms with Gasteiger partial charge in [-0.2, -0.15) is 13.2 Å². The van der Waals surface area contributed by atoms with E-state index in [9.17, 15) is 22.8 Å². The summed E-state index contributed by atoms with van der Waals surface area (Å²) in [7, 11) is 0. The quantitative estimate of drug-likeness (QED) is 0.430. The highest BCUT2D eigenvalue weighted by Gasteiger charge is 2.38. The van der Waals surface area contributed by atoms with Crippen LogP contribution in [-0.2, 0) is 14.3 Å². The van der Waals surface area contributed by atoms with E-state index in [1.54, 1.807) is 9.80 Å². The third-order valence-corrected chi connectivity index (χ3v) is 5.68. The molecule has 2 amide bonds. The van der Waals surface area contributed by atoms with Gasteiger partial charge < -0.3 is 34.6 Å². The number of amides is 2. The van der Waals surface area contributed by atoms with E-state index in [4.69, 9.17) is 29.6 Å². The van der Waals surface area contributed by atoms with Gasteiger partial charge in [0.15, 0.2) is 0 Å². The fraction of sp³-hybridized carbons (Fsp3) is 0.885. The topological polar surface area (TPSA) is 137 Å². The van der Waals surface area contributed by atoms with Crippen LogP contribution in [0.4, 0.5) is 22.8 Å². The first-order valence-electron chi connectivity index (χ1n) is 13.3. The van der Waals surface area contributed by atoms with Crippen molar-refractivity contribution in [3.8, 4) is 0 Å². The number of aliphatic hydroxyl groups is 2. The summed E-state index contributed by atoms with van der Waals surface area (Å²) in [6.07, 6.45) is 1.99. The van der Waals surface area contributed by atoms with Gasteiger partial charge in [0.05, 0.1) is 0 Å². The SMILES string of the molecule is CC(C)(C)OC(=O)N1CCCC[C@H]1CCO.CC(C)(C)OC(=O)N1CCCC[C@H]1CCO.O=C(O)C(F)(F)F. The predicted octanol–water partition coefficient (Wildman–Crippen LogP) is 4.95. The number of carbonyl (C=O) groups is 3. The van der Waals surface area contributed by atoms with Crippen LogP contribution in [0.5, 0.6) is 0 Å². The number of hydrogen-bond acceptors (Lipinski definition) is 7. The standard InChI is InChI=1S/2C12H23NO3.C2HF3O2/c2*1-12(2,3)16-11(15)13-8-5-4-6-10(13)7-9-14;3-2(4,5)1(6)7/h2*10,14H,4-9H2,1-3H3;(H,6,7)/t2*10-;/m00./s1. The average Bonchev–Trinajstić information content (AvgIpc) is 2.78. The molecule has 2 heterocycles. The van der Waals surface area contributed by atoms with Crippen LogP contribution in [-0.4, -0.2) is 99.0 Å². The molecule has 230 valence electrons. The summed E-state index contributed by atoms with van der Waals surface area (Å²) in [4.78, 5) is 36.3. The average molecular weight is 573 g/mol. The fourth-order valence-electron chi connectivity index (χ4n) is 4.02. The summed E-state index contributed by atoms with van der Waals surface area (Å²) >= 11 is 0. The van der Waals surface area contributed by atoms with E-state index >= 15 is 0 Å². The first kappa shape index (κ1) is 36.7. The van der Waals surface area contributed by atoms with Crippen molar-refractivity contribution in [2.24, 2.45) is 0 Å². The van der Waals surface area contributed by atoms with Crippen molar-refractivity contribution in [3.63, 3.8) is 0 Å². The second-order valence-corrected chi connectivity index (χ2v) is 11.5. The molecule has 0 unspecified atom stereocenters. The molecule has 13 heteroatoms. The van der Waals surface area contributed by atoms with Gasteiger partial charge in [-0.05, 0) is 92.9 Å². The second kappa shape index (κ2) is 16.7. The minimum absolute atomic E-state index is 0.129. The van der Waals surface area contributed by atoms with Gasteiger partial charge in [0, 0.05) is 38.4 Å². The van der Waals surface area contributed by atoms with Crippen LogP contribution in [0.3, 0.4) is 0 Å². The highest BCUT2D eigenvalue weighted by Crippen LogP contribution is 2.23. The van der Waals surface area contributed by atoms with Crippen LogP contribution in [0.2, 0.25) is 0 Å². The first-order chi connectivity index (χ1) is 17.8. The molecule has 2 atom stereocenters. The summed E-state index contributed by atoms with van der Waals surface area (Å²) in [6.45, 7) is 13.0. The zero-order valence-corrected chi connectivity index (χ0v) is 24.1. The lowest BCUT2D eigenvalue weighted by Crippen LogP contribution is -2.46. The van der Waals surface area contributed by atoms with E-state index < -0.39 is 23.3 Å². The molecule has 0 bridgehead atoms. The fourth-order valence-corrected chi connectivity index (χ4v) is 4.02. The molecule has 3 N–H and O–H groups in total. The lowest BCUT2D eigenvalue weighted by atomic mass is 10.0. The van der Waals surface area contributed by atoms with Gasteiger partial charge in [0.2, 0.25) is 0 Å². The van der Waals surface area contributed by atoms with E-state index in [1.807, 2.05) is 41.5 Å². The number of alkyl halides is 3. The molecule has 0 aromatic heterocycles. The first-order valence-corrected chi connectivity index (χ1v) is 13.3. The summed E-state index contributed by atoms with van der Waals surface area (Å²) in [5, 5.41) is 25.1. The number of likely N-dealkylation sites (tertiary alicyclic amines) is 2. The molecule has 0 aliphatic carbocycles. The Bertz CT molecular complexity index is 697. The lowest BCUT2D eigenvalue weighted by molar-refractivity contribution is -0.192. The Hall–Kier alpha value is -2.28. The molecular weight excluding hydrogens is 525 g/mol. The molecule has 0 spiro atoms. The molecule has 10 nitrogen and oxygen atoms in total. The van der Waals surface area contributed by atoms with E-state index in [2.05, 4.69) is 0 Å². The monoisotopic (exact) mass is 572 g/mol. The third-order valence-electron chi connectivity index (χ3n) is 5.68. The van der Waals surface area contributed by atoms with Gasteiger partial charge in [-0.25, -0.2) is 14.4 Å². The van der Waals surface area contributed by atoms with Gasteiger partial charge in [-0.1, -0.05) is 0 Å². The van der Waals surface area contributed by atoms with E-state index in [1.165, 1.54) is 0 Å². The normalized spacial score (nSPS) is 20.1. The maximum atomic E-state index is 11.9. The third kappa shape index (κ3) is 16.4. The Labute approximate surface area is 229 Å². The van der Waals surface area contributed by atoms with Crippen molar-refractivity contribution >= 4 is 18.2 Å². The molecule has 2 fully saturated rings. The minimum atomic E-state index is -5.08. The van der Waals surface area contributed by atoms with Crippen molar-refractivity contribution < 1.29 is 52.3 Å². The molecule has 0 radical (unpaired) electrons. The van der Waals surface area contributed by atoms with Crippen molar-refractivity contribution in [2.75, 3.05) is 26.3 Å². The largest absolute Gasteiger partial charge is 0.490 e. The number of aliphatic carboxylic acids is 1. The smallest absolute Gasteiger partial charge is 0.475 e. The minimum Gasteiger partial charge on any atom is -0.475 e. The number of piperidine rings is 2. The molecular formula is C26H47F3N2O8. The van der Waals surface area contributed by atoms with Gasteiger partial charge in [0.1, 0.15) is 11.2 Å². The molecule has 0 aromatic rings. The molecule has 0 aromatic carbocycles. The number of ether oxygens (including phenoxy) is 2. The molecule has 2 rings (SSSR count). The van der Waals surface area contributed by atoms with Crippen molar-refractivity contribution in [1.29, 1.82) is 0 Å². The van der Waals surface area contributed by atoms with E-state index in [0.29, 0.717) is 12.8 Å². The maximum Gasteiger partial charge on any atom is 0.490 e. The van der Waals surface area contributed by atoms with Crippen LogP contribution >= 0.6 is 0 Å². The van der Waals surface area contributed by atoms with Crippen LogP contribution in [0.15, 0.2) is 0 Å². The molecule has 39 heavy (non-hydrogen) atoms. The molecule has 0 saturated carbocycles. The van der Waals surface area contributed by atoms with Crippen molar-refractivity contribution in [1.82, 2.24) is 9.80 Å². The Morgan fingerprint density at radius 3 is 1.26 bits per heavy atom. The summed E-state index contributed by atoms with van der Waals surface area (Å²) < 4.78 is 42.5.